The van der Waals surface area contributed by atoms with Crippen molar-refractivity contribution in [3.05, 3.63) is 102 Å². The zero-order valence-electron chi connectivity index (χ0n) is 16.4. The van der Waals surface area contributed by atoms with Gasteiger partial charge in [-0.15, -0.1) is 0 Å². The molecule has 0 aliphatic rings. The number of benzene rings is 3. The highest BCUT2D eigenvalue weighted by Gasteiger charge is 2.12. The number of para-hydroxylation sites is 3. The van der Waals surface area contributed by atoms with Gasteiger partial charge in [0, 0.05) is 25.2 Å². The van der Waals surface area contributed by atoms with Crippen molar-refractivity contribution in [2.75, 3.05) is 17.3 Å². The molecule has 1 amide bonds. The van der Waals surface area contributed by atoms with Crippen LogP contribution in [0.4, 0.5) is 11.4 Å². The quantitative estimate of drug-likeness (QED) is 0.508. The fourth-order valence-electron chi connectivity index (χ4n) is 3.53. The summed E-state index contributed by atoms with van der Waals surface area (Å²) >= 11 is 0. The minimum absolute atomic E-state index is 0.0521. The van der Waals surface area contributed by atoms with E-state index in [4.69, 9.17) is 0 Å². The van der Waals surface area contributed by atoms with Crippen LogP contribution in [0.1, 0.15) is 11.1 Å². The van der Waals surface area contributed by atoms with Crippen molar-refractivity contribution in [3.63, 3.8) is 0 Å². The van der Waals surface area contributed by atoms with Gasteiger partial charge in [0.1, 0.15) is 0 Å². The molecule has 0 atom stereocenters. The molecule has 0 aliphatic heterocycles. The molecular formula is C25H23N3O. The molecule has 0 aliphatic carbocycles. The van der Waals surface area contributed by atoms with E-state index in [1.165, 1.54) is 5.56 Å². The molecule has 1 aromatic heterocycles. The second-order valence-electron chi connectivity index (χ2n) is 7.08. The molecule has 1 N–H and O–H groups in total. The van der Waals surface area contributed by atoms with Crippen molar-refractivity contribution >= 4 is 28.2 Å². The van der Waals surface area contributed by atoms with Gasteiger partial charge in [0.15, 0.2) is 0 Å². The first-order valence-corrected chi connectivity index (χ1v) is 9.67. The lowest BCUT2D eigenvalue weighted by atomic mass is 10.1. The van der Waals surface area contributed by atoms with Crippen molar-refractivity contribution in [1.29, 1.82) is 0 Å². The van der Waals surface area contributed by atoms with Gasteiger partial charge in [-0.2, -0.15) is 0 Å². The summed E-state index contributed by atoms with van der Waals surface area (Å²) in [6.45, 7) is 0.765. The van der Waals surface area contributed by atoms with E-state index >= 15 is 0 Å². The Bertz CT molecular complexity index is 1120. The highest BCUT2D eigenvalue weighted by atomic mass is 16.1. The molecule has 4 nitrogen and oxygen atoms in total. The Kier molecular flexibility index (Phi) is 5.52. The van der Waals surface area contributed by atoms with Crippen LogP contribution in [0.3, 0.4) is 0 Å². The van der Waals surface area contributed by atoms with Crippen molar-refractivity contribution < 1.29 is 4.79 Å². The van der Waals surface area contributed by atoms with Gasteiger partial charge in [0.2, 0.25) is 5.91 Å². The maximum Gasteiger partial charge on any atom is 0.228 e. The van der Waals surface area contributed by atoms with Crippen LogP contribution in [0, 0.1) is 0 Å². The SMILES string of the molecule is CN(Cc1ccccc1)c1ccccc1NC(=O)Cc1cccc2cccnc12. The van der Waals surface area contributed by atoms with Crippen LogP contribution in [-0.2, 0) is 17.8 Å². The van der Waals surface area contributed by atoms with E-state index in [-0.39, 0.29) is 12.3 Å². The number of nitrogens with one attached hydrogen (secondary N) is 1. The number of anilines is 2. The first-order valence-electron chi connectivity index (χ1n) is 9.67. The summed E-state index contributed by atoms with van der Waals surface area (Å²) in [5.74, 6) is -0.0521. The van der Waals surface area contributed by atoms with Crippen LogP contribution in [0.2, 0.25) is 0 Å². The van der Waals surface area contributed by atoms with E-state index in [2.05, 4.69) is 27.3 Å². The van der Waals surface area contributed by atoms with Gasteiger partial charge in [-0.1, -0.05) is 66.7 Å². The van der Waals surface area contributed by atoms with Crippen molar-refractivity contribution in [2.45, 2.75) is 13.0 Å². The Morgan fingerprint density at radius 3 is 2.52 bits per heavy atom. The summed E-state index contributed by atoms with van der Waals surface area (Å²) in [6, 6.07) is 28.0. The normalized spacial score (nSPS) is 10.7. The lowest BCUT2D eigenvalue weighted by Crippen LogP contribution is -2.21. The average Bonchev–Trinajstić information content (AvgIpc) is 2.75. The largest absolute Gasteiger partial charge is 0.369 e. The Balaban J connectivity index is 1.51. The third kappa shape index (κ3) is 4.43. The Morgan fingerprint density at radius 1 is 0.897 bits per heavy atom. The third-order valence-corrected chi connectivity index (χ3v) is 4.92. The smallest absolute Gasteiger partial charge is 0.228 e. The Morgan fingerprint density at radius 2 is 1.66 bits per heavy atom. The van der Waals surface area contributed by atoms with E-state index in [9.17, 15) is 4.79 Å². The van der Waals surface area contributed by atoms with Crippen LogP contribution in [0.25, 0.3) is 10.9 Å². The van der Waals surface area contributed by atoms with Crippen molar-refractivity contribution in [2.24, 2.45) is 0 Å². The van der Waals surface area contributed by atoms with Gasteiger partial charge in [0.25, 0.3) is 0 Å². The number of rotatable bonds is 6. The van der Waals surface area contributed by atoms with Gasteiger partial charge in [0.05, 0.1) is 23.3 Å². The zero-order valence-corrected chi connectivity index (χ0v) is 16.4. The van der Waals surface area contributed by atoms with Gasteiger partial charge in [-0.25, -0.2) is 0 Å². The predicted octanol–water partition coefficient (Wildman–Crippen LogP) is 5.05. The minimum atomic E-state index is -0.0521. The highest BCUT2D eigenvalue weighted by molar-refractivity contribution is 5.97. The molecule has 0 unspecified atom stereocenters. The van der Waals surface area contributed by atoms with Crippen LogP contribution in [0.5, 0.6) is 0 Å². The molecule has 0 saturated heterocycles. The summed E-state index contributed by atoms with van der Waals surface area (Å²) < 4.78 is 0. The van der Waals surface area contributed by atoms with E-state index in [0.29, 0.717) is 0 Å². The fourth-order valence-corrected chi connectivity index (χ4v) is 3.53. The van der Waals surface area contributed by atoms with E-state index in [1.54, 1.807) is 6.20 Å². The van der Waals surface area contributed by atoms with Crippen LogP contribution in [0.15, 0.2) is 91.1 Å². The van der Waals surface area contributed by atoms with Gasteiger partial charge in [-0.3, -0.25) is 9.78 Å². The molecule has 0 radical (unpaired) electrons. The van der Waals surface area contributed by atoms with Crippen molar-refractivity contribution in [1.82, 2.24) is 4.98 Å². The number of amides is 1. The molecule has 29 heavy (non-hydrogen) atoms. The van der Waals surface area contributed by atoms with E-state index in [0.717, 1.165) is 34.4 Å². The molecule has 0 fully saturated rings. The lowest BCUT2D eigenvalue weighted by Gasteiger charge is -2.23. The van der Waals surface area contributed by atoms with Gasteiger partial charge in [-0.05, 0) is 29.3 Å². The molecule has 1 heterocycles. The molecule has 144 valence electrons. The topological polar surface area (TPSA) is 45.2 Å². The second kappa shape index (κ2) is 8.57. The lowest BCUT2D eigenvalue weighted by molar-refractivity contribution is -0.115. The summed E-state index contributed by atoms with van der Waals surface area (Å²) in [7, 11) is 2.03. The fraction of sp³-hybridized carbons (Fsp3) is 0.120. The molecule has 0 bridgehead atoms. The van der Waals surface area contributed by atoms with E-state index < -0.39 is 0 Å². The number of hydrogen-bond donors (Lipinski definition) is 1. The number of carbonyl (C=O) groups is 1. The maximum atomic E-state index is 12.8. The summed E-state index contributed by atoms with van der Waals surface area (Å²) in [5, 5.41) is 4.12. The van der Waals surface area contributed by atoms with Crippen LogP contribution >= 0.6 is 0 Å². The number of nitrogens with zero attached hydrogens (tertiary/aromatic N) is 2. The number of carbonyl (C=O) groups excluding carboxylic acids is 1. The number of aromatic nitrogens is 1. The number of pyridine rings is 1. The molecule has 0 saturated carbocycles. The van der Waals surface area contributed by atoms with Crippen LogP contribution < -0.4 is 10.2 Å². The highest BCUT2D eigenvalue weighted by Crippen LogP contribution is 2.26. The third-order valence-electron chi connectivity index (χ3n) is 4.92. The first-order chi connectivity index (χ1) is 14.2. The molecule has 3 aromatic carbocycles. The van der Waals surface area contributed by atoms with Crippen molar-refractivity contribution in [3.8, 4) is 0 Å². The molecule has 0 spiro atoms. The standard InChI is InChI=1S/C25H23N3O/c1-28(18-19-9-3-2-4-10-19)23-15-6-5-14-22(23)27-24(29)17-21-12-7-11-20-13-8-16-26-25(20)21/h2-16H,17-18H2,1H3,(H,27,29). The molecule has 4 rings (SSSR count). The molecule has 4 aromatic rings. The Labute approximate surface area is 170 Å². The second-order valence-corrected chi connectivity index (χ2v) is 7.08. The number of hydrogen-bond acceptors (Lipinski definition) is 3. The average molecular weight is 381 g/mol. The first kappa shape index (κ1) is 18.7. The summed E-state index contributed by atoms with van der Waals surface area (Å²) in [6.07, 6.45) is 2.04. The summed E-state index contributed by atoms with van der Waals surface area (Å²) in [5.41, 5.74) is 4.82. The maximum absolute atomic E-state index is 12.8. The monoisotopic (exact) mass is 381 g/mol. The van der Waals surface area contributed by atoms with Crippen LogP contribution in [-0.4, -0.2) is 17.9 Å². The van der Waals surface area contributed by atoms with Gasteiger partial charge >= 0.3 is 0 Å². The number of fused-ring (bicyclic) bond motifs is 1. The molecular weight excluding hydrogens is 358 g/mol. The summed E-state index contributed by atoms with van der Waals surface area (Å²) in [4.78, 5) is 19.4. The van der Waals surface area contributed by atoms with Gasteiger partial charge < -0.3 is 10.2 Å². The molecule has 4 heteroatoms. The zero-order chi connectivity index (χ0) is 20.1. The Hall–Kier alpha value is -3.66. The predicted molar refractivity (Wildman–Crippen MR) is 119 cm³/mol. The minimum Gasteiger partial charge on any atom is -0.369 e. The van der Waals surface area contributed by atoms with E-state index in [1.807, 2.05) is 79.8 Å².